The first kappa shape index (κ1) is 26.0. The summed E-state index contributed by atoms with van der Waals surface area (Å²) in [6.45, 7) is 2.11. The molecular weight excluding hydrogens is 598 g/mol. The molecule has 0 saturated heterocycles. The van der Waals surface area contributed by atoms with Crippen molar-refractivity contribution in [3.05, 3.63) is 81.6 Å². The van der Waals surface area contributed by atoms with Gasteiger partial charge in [-0.2, -0.15) is 0 Å². The van der Waals surface area contributed by atoms with Gasteiger partial charge in [0, 0.05) is 42.0 Å². The number of nitrogens with zero attached hydrogens (tertiary/aromatic N) is 3. The number of carbonyl (C=O) groups excluding carboxylic acids is 1. The number of ether oxygens (including phenoxy) is 1. The molecule has 0 aliphatic carbocycles. The number of aromatic nitrogens is 2. The first-order valence-corrected chi connectivity index (χ1v) is 13.5. The van der Waals surface area contributed by atoms with Gasteiger partial charge in [0.25, 0.3) is 0 Å². The van der Waals surface area contributed by atoms with E-state index < -0.39 is 21.8 Å². The quantitative estimate of drug-likeness (QED) is 0.220. The Balaban J connectivity index is 1.84. The summed E-state index contributed by atoms with van der Waals surface area (Å²) in [5.41, 5.74) is 2.25. The van der Waals surface area contributed by atoms with Gasteiger partial charge >= 0.3 is 5.97 Å². The topological polar surface area (TPSA) is 93.5 Å². The molecule has 0 radical (unpaired) electrons. The van der Waals surface area contributed by atoms with Gasteiger partial charge in [0.05, 0.1) is 28.4 Å². The highest BCUT2D eigenvalue weighted by molar-refractivity contribution is 14.1. The number of benzene rings is 2. The molecule has 0 saturated carbocycles. The predicted molar refractivity (Wildman–Crippen MR) is 145 cm³/mol. The van der Waals surface area contributed by atoms with E-state index in [0.29, 0.717) is 16.6 Å². The molecule has 11 heteroatoms. The van der Waals surface area contributed by atoms with Gasteiger partial charge in [-0.15, -0.1) is 0 Å². The minimum absolute atomic E-state index is 0.160. The Labute approximate surface area is 222 Å². The molecular formula is C25H24FIN4O4S. The molecule has 2 heterocycles. The molecule has 0 amide bonds. The van der Waals surface area contributed by atoms with E-state index in [2.05, 4.69) is 10.3 Å². The highest BCUT2D eigenvalue weighted by Gasteiger charge is 2.25. The lowest BCUT2D eigenvalue weighted by molar-refractivity contribution is 0.0516. The van der Waals surface area contributed by atoms with Gasteiger partial charge in [-0.25, -0.2) is 21.9 Å². The van der Waals surface area contributed by atoms with Crippen LogP contribution in [0.25, 0.3) is 10.9 Å². The number of pyridine rings is 1. The van der Waals surface area contributed by atoms with E-state index in [1.54, 1.807) is 54.2 Å². The summed E-state index contributed by atoms with van der Waals surface area (Å²) in [6.07, 6.45) is 3.21. The van der Waals surface area contributed by atoms with Crippen LogP contribution in [0.4, 0.5) is 15.8 Å². The Morgan fingerprint density at radius 3 is 2.53 bits per heavy atom. The number of anilines is 2. The van der Waals surface area contributed by atoms with Crippen molar-refractivity contribution in [2.75, 3.05) is 26.0 Å². The highest BCUT2D eigenvalue weighted by atomic mass is 127. The normalized spacial score (nSPS) is 11.7. The molecule has 2 aromatic carbocycles. The zero-order valence-electron chi connectivity index (χ0n) is 19.8. The molecule has 8 nitrogen and oxygen atoms in total. The van der Waals surface area contributed by atoms with Crippen LogP contribution < -0.4 is 5.32 Å². The Morgan fingerprint density at radius 2 is 1.89 bits per heavy atom. The second kappa shape index (κ2) is 10.5. The van der Waals surface area contributed by atoms with Crippen LogP contribution in [0.1, 0.15) is 23.0 Å². The lowest BCUT2D eigenvalue weighted by Gasteiger charge is -2.14. The van der Waals surface area contributed by atoms with Crippen LogP contribution in [0.3, 0.4) is 0 Å². The molecule has 1 N–H and O–H groups in total. The summed E-state index contributed by atoms with van der Waals surface area (Å²) in [4.78, 5) is 17.5. The number of fused-ring (bicyclic) bond motifs is 1. The average molecular weight is 622 g/mol. The minimum atomic E-state index is -3.57. The monoisotopic (exact) mass is 622 g/mol. The van der Waals surface area contributed by atoms with Gasteiger partial charge < -0.3 is 14.6 Å². The Hall–Kier alpha value is -3.03. The summed E-state index contributed by atoms with van der Waals surface area (Å²) in [7, 11) is -0.626. The van der Waals surface area contributed by atoms with Gasteiger partial charge in [0.2, 0.25) is 10.0 Å². The number of halogens is 2. The van der Waals surface area contributed by atoms with Gasteiger partial charge in [-0.1, -0.05) is 12.1 Å². The number of carbonyl (C=O) groups is 1. The second-order valence-electron chi connectivity index (χ2n) is 8.10. The third kappa shape index (κ3) is 5.08. The van der Waals surface area contributed by atoms with E-state index in [1.807, 2.05) is 22.6 Å². The number of esters is 1. The molecule has 0 spiro atoms. The average Bonchev–Trinajstić information content (AvgIpc) is 3.14. The van der Waals surface area contributed by atoms with Crippen molar-refractivity contribution in [1.29, 1.82) is 0 Å². The van der Waals surface area contributed by atoms with E-state index >= 15 is 0 Å². The molecule has 4 rings (SSSR count). The lowest BCUT2D eigenvalue weighted by atomic mass is 10.2. The molecule has 0 aliphatic heterocycles. The number of hydrogen-bond acceptors (Lipinski definition) is 6. The summed E-state index contributed by atoms with van der Waals surface area (Å²) in [6, 6.07) is 13.0. The van der Waals surface area contributed by atoms with Crippen molar-refractivity contribution < 1.29 is 22.3 Å². The van der Waals surface area contributed by atoms with E-state index in [9.17, 15) is 17.6 Å². The van der Waals surface area contributed by atoms with E-state index in [1.165, 1.54) is 32.3 Å². The molecule has 188 valence electrons. The van der Waals surface area contributed by atoms with Crippen LogP contribution in [0.5, 0.6) is 0 Å². The van der Waals surface area contributed by atoms with Gasteiger partial charge in [-0.3, -0.25) is 4.98 Å². The molecule has 0 bridgehead atoms. The van der Waals surface area contributed by atoms with Crippen LogP contribution in [0.15, 0.2) is 65.8 Å². The second-order valence-corrected chi connectivity index (χ2v) is 11.5. The zero-order valence-corrected chi connectivity index (χ0v) is 22.8. The summed E-state index contributed by atoms with van der Waals surface area (Å²) in [5, 5.41) is 3.69. The maximum atomic E-state index is 14.7. The fourth-order valence-corrected chi connectivity index (χ4v) is 5.14. The van der Waals surface area contributed by atoms with Crippen LogP contribution in [0.2, 0.25) is 0 Å². The third-order valence-electron chi connectivity index (χ3n) is 5.57. The fraction of sp³-hybridized carbons (Fsp3) is 0.200. The number of rotatable bonds is 8. The molecule has 2 aromatic heterocycles. The van der Waals surface area contributed by atoms with Gasteiger partial charge in [0.15, 0.2) is 5.69 Å². The number of sulfonamides is 1. The molecule has 36 heavy (non-hydrogen) atoms. The highest BCUT2D eigenvalue weighted by Crippen LogP contribution is 2.35. The van der Waals surface area contributed by atoms with Crippen LogP contribution in [0, 0.1) is 9.39 Å². The summed E-state index contributed by atoms with van der Waals surface area (Å²) >= 11 is 2.03. The fourth-order valence-electron chi connectivity index (χ4n) is 3.79. The van der Waals surface area contributed by atoms with Crippen LogP contribution >= 0.6 is 22.6 Å². The van der Waals surface area contributed by atoms with E-state index in [0.717, 1.165) is 13.4 Å². The van der Waals surface area contributed by atoms with Crippen molar-refractivity contribution in [2.24, 2.45) is 0 Å². The van der Waals surface area contributed by atoms with E-state index in [4.69, 9.17) is 4.74 Å². The maximum absolute atomic E-state index is 14.7. The van der Waals surface area contributed by atoms with E-state index in [-0.39, 0.29) is 29.4 Å². The van der Waals surface area contributed by atoms with Crippen molar-refractivity contribution in [1.82, 2.24) is 13.9 Å². The molecule has 0 aliphatic rings. The number of hydrogen-bond donors (Lipinski definition) is 1. The van der Waals surface area contributed by atoms with Crippen LogP contribution in [-0.2, 0) is 21.3 Å². The predicted octanol–water partition coefficient (Wildman–Crippen LogP) is 5.00. The van der Waals surface area contributed by atoms with Gasteiger partial charge in [-0.05, 0) is 71.5 Å². The third-order valence-corrected chi connectivity index (χ3v) is 8.07. The Morgan fingerprint density at radius 1 is 1.17 bits per heavy atom. The number of nitrogens with one attached hydrogen (secondary N) is 1. The first-order chi connectivity index (χ1) is 17.1. The zero-order chi connectivity index (χ0) is 26.0. The van der Waals surface area contributed by atoms with Crippen molar-refractivity contribution >= 4 is 60.9 Å². The molecule has 0 fully saturated rings. The Kier molecular flexibility index (Phi) is 7.62. The summed E-state index contributed by atoms with van der Waals surface area (Å²) < 4.78 is 48.6. The molecule has 4 aromatic rings. The van der Waals surface area contributed by atoms with Crippen molar-refractivity contribution in [2.45, 2.75) is 18.4 Å². The first-order valence-electron chi connectivity index (χ1n) is 11.0. The summed E-state index contributed by atoms with van der Waals surface area (Å²) in [5.74, 6) is -1.03. The van der Waals surface area contributed by atoms with Crippen molar-refractivity contribution in [3.8, 4) is 0 Å². The Bertz CT molecular complexity index is 1540. The maximum Gasteiger partial charge on any atom is 0.357 e. The minimum Gasteiger partial charge on any atom is -0.461 e. The molecule has 0 unspecified atom stereocenters. The standard InChI is InChI=1S/C25H24FIN4O4S/c1-4-35-25(32)24-23(29-21-10-7-17(27)13-20(21)26)19-14-28-12-11-22(19)31(24)15-16-5-8-18(9-6-16)36(33,34)30(2)3/h5-14,29H,4,15H2,1-3H3. The van der Waals surface area contributed by atoms with Crippen molar-refractivity contribution in [3.63, 3.8) is 0 Å². The lowest BCUT2D eigenvalue weighted by Crippen LogP contribution is -2.22. The smallest absolute Gasteiger partial charge is 0.357 e. The van der Waals surface area contributed by atoms with Gasteiger partial charge in [0.1, 0.15) is 5.82 Å². The van der Waals surface area contributed by atoms with Crippen LogP contribution in [-0.4, -0.2) is 48.9 Å². The SMILES string of the molecule is CCOC(=O)c1c(Nc2ccc(I)cc2F)c2cnccc2n1Cc1ccc(S(=O)(=O)N(C)C)cc1. The molecule has 0 atom stereocenters. The largest absolute Gasteiger partial charge is 0.461 e.